The summed E-state index contributed by atoms with van der Waals surface area (Å²) in [4.78, 5) is 2.52. The molecule has 25 heavy (non-hydrogen) atoms. The van der Waals surface area contributed by atoms with E-state index in [4.69, 9.17) is 4.74 Å². The van der Waals surface area contributed by atoms with Crippen LogP contribution in [0.15, 0.2) is 54.6 Å². The van der Waals surface area contributed by atoms with Gasteiger partial charge in [-0.05, 0) is 55.5 Å². The number of aliphatic hydroxyl groups is 1. The van der Waals surface area contributed by atoms with Gasteiger partial charge in [-0.3, -0.25) is 0 Å². The van der Waals surface area contributed by atoms with Crippen molar-refractivity contribution in [3.05, 3.63) is 65.7 Å². The van der Waals surface area contributed by atoms with Crippen LogP contribution in [-0.4, -0.2) is 43.4 Å². The fourth-order valence-corrected chi connectivity index (χ4v) is 3.98. The maximum Gasteiger partial charge on any atom is 0.119 e. The third kappa shape index (κ3) is 4.83. The van der Waals surface area contributed by atoms with Crippen LogP contribution in [0.5, 0.6) is 5.75 Å². The van der Waals surface area contributed by atoms with Crippen molar-refractivity contribution in [1.29, 1.82) is 0 Å². The van der Waals surface area contributed by atoms with Gasteiger partial charge in [0.2, 0.25) is 0 Å². The maximum atomic E-state index is 10.2. The van der Waals surface area contributed by atoms with Crippen molar-refractivity contribution in [3.63, 3.8) is 0 Å². The summed E-state index contributed by atoms with van der Waals surface area (Å²) in [6, 6.07) is 18.9. The van der Waals surface area contributed by atoms with Crippen molar-refractivity contribution in [2.24, 2.45) is 5.41 Å². The van der Waals surface area contributed by atoms with Crippen LogP contribution in [0.3, 0.4) is 0 Å². The zero-order chi connectivity index (χ0) is 17.5. The van der Waals surface area contributed by atoms with Crippen LogP contribution in [-0.2, 0) is 12.8 Å². The van der Waals surface area contributed by atoms with Crippen LogP contribution in [0, 0.1) is 5.41 Å². The van der Waals surface area contributed by atoms with Gasteiger partial charge in [0.05, 0.1) is 13.7 Å². The van der Waals surface area contributed by atoms with E-state index in [0.29, 0.717) is 0 Å². The van der Waals surface area contributed by atoms with Crippen molar-refractivity contribution < 1.29 is 9.84 Å². The lowest BCUT2D eigenvalue weighted by Gasteiger charge is -2.42. The van der Waals surface area contributed by atoms with E-state index in [9.17, 15) is 5.11 Å². The lowest BCUT2D eigenvalue weighted by atomic mass is 9.75. The first kappa shape index (κ1) is 18.0. The largest absolute Gasteiger partial charge is 0.497 e. The molecule has 0 aromatic heterocycles. The summed E-state index contributed by atoms with van der Waals surface area (Å²) in [6.45, 7) is 3.40. The fraction of sp³-hybridized carbons (Fsp3) is 0.455. The topological polar surface area (TPSA) is 32.7 Å². The molecule has 1 unspecified atom stereocenters. The Labute approximate surface area is 151 Å². The predicted octanol–water partition coefficient (Wildman–Crippen LogP) is 3.55. The van der Waals surface area contributed by atoms with E-state index in [-0.39, 0.29) is 12.0 Å². The van der Waals surface area contributed by atoms with Gasteiger partial charge in [-0.25, -0.2) is 0 Å². The minimum atomic E-state index is -0.0404. The van der Waals surface area contributed by atoms with Crippen LogP contribution >= 0.6 is 0 Å². The van der Waals surface area contributed by atoms with Gasteiger partial charge in [-0.1, -0.05) is 42.5 Å². The van der Waals surface area contributed by atoms with E-state index >= 15 is 0 Å². The van der Waals surface area contributed by atoms with E-state index in [1.807, 2.05) is 12.1 Å². The molecule has 3 heteroatoms. The molecule has 134 valence electrons. The van der Waals surface area contributed by atoms with Gasteiger partial charge in [0.15, 0.2) is 0 Å². The van der Waals surface area contributed by atoms with Gasteiger partial charge in [-0.2, -0.15) is 0 Å². The minimum Gasteiger partial charge on any atom is -0.497 e. The number of aliphatic hydroxyl groups excluding tert-OH is 1. The zero-order valence-electron chi connectivity index (χ0n) is 15.2. The van der Waals surface area contributed by atoms with Crippen LogP contribution in [0.4, 0.5) is 0 Å². The standard InChI is InChI=1S/C22H29NO2/c1-25-21-10-5-9-20(15-21)16-22(18-24)12-6-13-23(17-22)14-11-19-7-3-2-4-8-19/h2-5,7-10,15,24H,6,11-14,16-18H2,1H3. The number of methoxy groups -OCH3 is 1. The Morgan fingerprint density at radius 3 is 2.64 bits per heavy atom. The van der Waals surface area contributed by atoms with Gasteiger partial charge < -0.3 is 14.7 Å². The van der Waals surface area contributed by atoms with Crippen LogP contribution < -0.4 is 4.74 Å². The summed E-state index contributed by atoms with van der Waals surface area (Å²) in [5.41, 5.74) is 2.59. The Kier molecular flexibility index (Phi) is 6.11. The van der Waals surface area contributed by atoms with Gasteiger partial charge in [0.1, 0.15) is 5.75 Å². The lowest BCUT2D eigenvalue weighted by molar-refractivity contribution is 0.0329. The average molecular weight is 339 g/mol. The molecule has 0 saturated carbocycles. The first-order valence-electron chi connectivity index (χ1n) is 9.23. The molecule has 0 spiro atoms. The van der Waals surface area contributed by atoms with Crippen molar-refractivity contribution in [2.45, 2.75) is 25.7 Å². The molecular formula is C22H29NO2. The molecule has 0 amide bonds. The summed E-state index contributed by atoms with van der Waals surface area (Å²) in [5.74, 6) is 0.891. The molecule has 1 saturated heterocycles. The third-order valence-corrected chi connectivity index (χ3v) is 5.35. The summed E-state index contributed by atoms with van der Waals surface area (Å²) in [6.07, 6.45) is 4.21. The maximum absolute atomic E-state index is 10.2. The van der Waals surface area contributed by atoms with E-state index in [2.05, 4.69) is 47.4 Å². The molecule has 1 N–H and O–H groups in total. The Morgan fingerprint density at radius 2 is 1.88 bits per heavy atom. The monoisotopic (exact) mass is 339 g/mol. The second-order valence-electron chi connectivity index (χ2n) is 7.30. The van der Waals surface area contributed by atoms with Gasteiger partial charge in [0, 0.05) is 18.5 Å². The number of rotatable bonds is 7. The number of hydrogen-bond acceptors (Lipinski definition) is 3. The van der Waals surface area contributed by atoms with Crippen molar-refractivity contribution in [1.82, 2.24) is 4.90 Å². The third-order valence-electron chi connectivity index (χ3n) is 5.35. The average Bonchev–Trinajstić information content (AvgIpc) is 2.67. The van der Waals surface area contributed by atoms with Crippen molar-refractivity contribution in [2.75, 3.05) is 33.4 Å². The zero-order valence-corrected chi connectivity index (χ0v) is 15.2. The molecule has 1 aliphatic rings. The Balaban J connectivity index is 1.63. The van der Waals surface area contributed by atoms with Crippen LogP contribution in [0.2, 0.25) is 0 Å². The second kappa shape index (κ2) is 8.50. The molecule has 1 aliphatic heterocycles. The van der Waals surface area contributed by atoms with Crippen LogP contribution in [0.25, 0.3) is 0 Å². The highest BCUT2D eigenvalue weighted by atomic mass is 16.5. The smallest absolute Gasteiger partial charge is 0.119 e. The molecule has 3 nitrogen and oxygen atoms in total. The molecule has 0 radical (unpaired) electrons. The summed E-state index contributed by atoms with van der Waals surface area (Å²) in [7, 11) is 1.70. The molecule has 2 aromatic carbocycles. The Hall–Kier alpha value is -1.84. The second-order valence-corrected chi connectivity index (χ2v) is 7.30. The normalized spacial score (nSPS) is 21.2. The number of hydrogen-bond donors (Lipinski definition) is 1. The highest BCUT2D eigenvalue weighted by Gasteiger charge is 2.35. The van der Waals surface area contributed by atoms with E-state index in [1.54, 1.807) is 7.11 Å². The number of ether oxygens (including phenoxy) is 1. The highest BCUT2D eigenvalue weighted by Crippen LogP contribution is 2.34. The molecule has 3 rings (SSSR count). The minimum absolute atomic E-state index is 0.0404. The van der Waals surface area contributed by atoms with E-state index < -0.39 is 0 Å². The summed E-state index contributed by atoms with van der Waals surface area (Å²) >= 11 is 0. The van der Waals surface area contributed by atoms with Gasteiger partial charge in [-0.15, -0.1) is 0 Å². The molecule has 2 aromatic rings. The summed E-state index contributed by atoms with van der Waals surface area (Å²) in [5, 5.41) is 10.2. The van der Waals surface area contributed by atoms with Crippen LogP contribution in [0.1, 0.15) is 24.0 Å². The lowest BCUT2D eigenvalue weighted by Crippen LogP contribution is -2.47. The number of piperidine rings is 1. The molecule has 0 bridgehead atoms. The molecule has 0 aliphatic carbocycles. The molecular weight excluding hydrogens is 310 g/mol. The molecule has 1 heterocycles. The quantitative estimate of drug-likeness (QED) is 0.837. The Bertz CT molecular complexity index is 658. The first-order chi connectivity index (χ1) is 12.2. The van der Waals surface area contributed by atoms with Gasteiger partial charge >= 0.3 is 0 Å². The number of benzene rings is 2. The van der Waals surface area contributed by atoms with E-state index in [1.165, 1.54) is 11.1 Å². The number of nitrogens with zero attached hydrogens (tertiary/aromatic N) is 1. The molecule has 1 atom stereocenters. The summed E-state index contributed by atoms with van der Waals surface area (Å²) < 4.78 is 5.35. The number of likely N-dealkylation sites (tertiary alicyclic amines) is 1. The highest BCUT2D eigenvalue weighted by molar-refractivity contribution is 5.29. The van der Waals surface area contributed by atoms with Crippen molar-refractivity contribution in [3.8, 4) is 5.75 Å². The molecule has 1 fully saturated rings. The van der Waals surface area contributed by atoms with Gasteiger partial charge in [0.25, 0.3) is 0 Å². The SMILES string of the molecule is COc1cccc(CC2(CO)CCCN(CCc3ccccc3)C2)c1. The predicted molar refractivity (Wildman–Crippen MR) is 102 cm³/mol. The van der Waals surface area contributed by atoms with Crippen molar-refractivity contribution >= 4 is 0 Å². The first-order valence-corrected chi connectivity index (χ1v) is 9.23. The Morgan fingerprint density at radius 1 is 1.08 bits per heavy atom. The van der Waals surface area contributed by atoms with E-state index in [0.717, 1.165) is 51.1 Å². The fourth-order valence-electron chi connectivity index (χ4n) is 3.98.